The summed E-state index contributed by atoms with van der Waals surface area (Å²) in [5.74, 6) is -2.74. The molecule has 2 heterocycles. The van der Waals surface area contributed by atoms with Crippen LogP contribution in [0.1, 0.15) is 68.3 Å². The Morgan fingerprint density at radius 1 is 0.746 bits per heavy atom. The zero-order chi connectivity index (χ0) is 42.2. The molecule has 0 saturated carbocycles. The number of nitrogens with zero attached hydrogens (tertiary/aromatic N) is 4. The van der Waals surface area contributed by atoms with Gasteiger partial charge in [-0.15, -0.1) is 0 Å². The van der Waals surface area contributed by atoms with Crippen LogP contribution in [0.4, 0.5) is 15.8 Å². The molecule has 0 bridgehead atoms. The van der Waals surface area contributed by atoms with Crippen molar-refractivity contribution in [3.05, 3.63) is 129 Å². The molecule has 4 aromatic carbocycles. The normalized spacial score (nSPS) is 12.4. The third-order valence-corrected chi connectivity index (χ3v) is 8.37. The number of halogens is 1. The van der Waals surface area contributed by atoms with Gasteiger partial charge in [-0.1, -0.05) is 24.3 Å². The number of methoxy groups -OCH3 is 1. The fraction of sp³-hybridized carbons (Fsp3) is 0.190. The van der Waals surface area contributed by atoms with E-state index in [9.17, 15) is 33.2 Å². The van der Waals surface area contributed by atoms with E-state index in [-0.39, 0.29) is 84.4 Å². The van der Waals surface area contributed by atoms with Crippen molar-refractivity contribution in [3.8, 4) is 12.1 Å². The second-order valence-corrected chi connectivity index (χ2v) is 12.3. The minimum absolute atomic E-state index is 0. The van der Waals surface area contributed by atoms with Crippen molar-refractivity contribution in [2.24, 2.45) is 9.98 Å². The molecule has 0 unspecified atom stereocenters. The van der Waals surface area contributed by atoms with Gasteiger partial charge in [0, 0.05) is 36.8 Å². The maximum Gasteiger partial charge on any atom is 1.00 e. The van der Waals surface area contributed by atoms with Crippen LogP contribution in [0.2, 0.25) is 0 Å². The van der Waals surface area contributed by atoms with E-state index in [0.29, 0.717) is 56.2 Å². The van der Waals surface area contributed by atoms with Crippen LogP contribution in [0.5, 0.6) is 0 Å². The molecule has 6 rings (SSSR count). The number of ether oxygens (including phenoxy) is 1. The Hall–Kier alpha value is -6.69. The number of alkyl halides is 1. The number of aliphatic carboxylic acids is 1. The van der Waals surface area contributed by atoms with Crippen molar-refractivity contribution >= 4 is 58.1 Å². The number of fused-ring (bicyclic) bond motifs is 2. The summed E-state index contributed by atoms with van der Waals surface area (Å²) in [5.41, 5.74) is 6.60. The fourth-order valence-corrected chi connectivity index (χ4v) is 5.70. The molecule has 0 aliphatic carbocycles. The third-order valence-electron chi connectivity index (χ3n) is 8.37. The van der Waals surface area contributed by atoms with E-state index in [4.69, 9.17) is 17.0 Å². The van der Waals surface area contributed by atoms with E-state index >= 15 is 0 Å². The first-order chi connectivity index (χ1) is 27.9. The van der Waals surface area contributed by atoms with Gasteiger partial charge in [0.25, 0.3) is 11.8 Å². The number of hydrogen-bond donors (Lipinski definition) is 3. The molecule has 0 fully saturated rings. The second kappa shape index (κ2) is 23.5. The number of aliphatic imine (C=N–C) groups is 2. The predicted octanol–water partition coefficient (Wildman–Crippen LogP) is 1.52. The Kier molecular flexibility index (Phi) is 18.6. The van der Waals surface area contributed by atoms with Gasteiger partial charge in [0.1, 0.15) is 24.7 Å². The summed E-state index contributed by atoms with van der Waals surface area (Å²) >= 11 is 0. The number of Topliss-reactive ketones (excluding diaryl/α,β-unsaturated/α-hetero) is 2. The number of nitriles is 2. The topological polar surface area (TPSA) is 258 Å². The number of rotatable bonds is 8. The molecule has 0 spiro atoms. The summed E-state index contributed by atoms with van der Waals surface area (Å²) in [6.45, 7) is -0.713. The number of carbonyl (C=O) groups is 6. The summed E-state index contributed by atoms with van der Waals surface area (Å²) < 4.78 is 20.0. The minimum atomic E-state index is -1.14. The number of amides is 2. The third kappa shape index (κ3) is 13.7. The van der Waals surface area contributed by atoms with Gasteiger partial charge in [0.05, 0.1) is 61.7 Å². The molecule has 0 aromatic heterocycles. The summed E-state index contributed by atoms with van der Waals surface area (Å²) in [7, 11) is 0.240. The van der Waals surface area contributed by atoms with Crippen LogP contribution in [0.25, 0.3) is 0 Å². The van der Waals surface area contributed by atoms with Crippen molar-refractivity contribution in [2.75, 3.05) is 27.4 Å². The van der Waals surface area contributed by atoms with Gasteiger partial charge in [-0.05, 0) is 82.9 Å². The number of carboxylic acid groups (broad SMARTS) is 1. The molecule has 59 heavy (non-hydrogen) atoms. The van der Waals surface area contributed by atoms with Crippen molar-refractivity contribution in [1.82, 2.24) is 10.6 Å². The molecular weight excluding hydrogens is 774 g/mol. The van der Waals surface area contributed by atoms with Gasteiger partial charge in [0.15, 0.2) is 0 Å². The Bertz CT molecular complexity index is 2430. The number of hydrogen-bond acceptors (Lipinski definition) is 12. The van der Waals surface area contributed by atoms with Gasteiger partial charge in [-0.2, -0.15) is 10.5 Å². The number of carboxylic acids is 1. The maximum absolute atomic E-state index is 12.4. The minimum Gasteiger partial charge on any atom is -0.870 e. The summed E-state index contributed by atoms with van der Waals surface area (Å²) in [6, 6.07) is 27.6. The average molecular weight is 812 g/mol. The monoisotopic (exact) mass is 811 g/mol. The molecule has 296 valence electrons. The molecule has 4 N–H and O–H groups in total. The summed E-state index contributed by atoms with van der Waals surface area (Å²) in [4.78, 5) is 79.9. The van der Waals surface area contributed by atoms with E-state index in [1.165, 1.54) is 7.11 Å². The molecule has 17 heteroatoms. The number of esters is 1. The Balaban J connectivity index is 0.000000376. The number of benzene rings is 4. The molecule has 2 aliphatic heterocycles. The zero-order valence-corrected chi connectivity index (χ0v) is 34.0. The SMILES string of the molecule is COC(=O)CNC(=O)c1ccc2c(c1)CC(=O)CC(c1cccc(C#N)c1)=N2.N#Cc1cccc(C2=Nc3ccc(C(=O)NCC(=O)O)cc3CC(=O)C2)c1.[2H]CF.[Na+].[OH-]. The van der Waals surface area contributed by atoms with E-state index in [2.05, 4.69) is 37.5 Å². The molecule has 15 nitrogen and oxygen atoms in total. The Labute approximate surface area is 361 Å². The molecular formula is C42H36FN6NaO9. The second-order valence-electron chi connectivity index (χ2n) is 12.3. The Morgan fingerprint density at radius 3 is 1.56 bits per heavy atom. The van der Waals surface area contributed by atoms with E-state index in [0.717, 1.165) is 5.56 Å². The zero-order valence-electron chi connectivity index (χ0n) is 33.0. The smallest absolute Gasteiger partial charge is 0.870 e. The quantitative estimate of drug-likeness (QED) is 0.170. The standard InChI is InChI=1S/C21H17N3O4.C20H15N3O4.CH3F.Na.H2O/c1-28-20(26)12-23-21(27)15-5-6-18-16(8-15)9-17(25)10-19(24-18)14-4-2-3-13(7-14)11-22;21-10-12-2-1-3-13(6-12)18-9-16(24)8-15-7-14(4-5-17(15)23-18)20(27)22-11-19(25)26;1-2;;/h2-8H,9-10,12H2,1H3,(H,23,27);1-7H,8-9,11H2,(H,22,27)(H,25,26);1H3;;1H2/q;;;+1;/p-1/i;;1D;;. The fourth-order valence-electron chi connectivity index (χ4n) is 5.70. The summed E-state index contributed by atoms with van der Waals surface area (Å²) in [5, 5.41) is 31.5. The van der Waals surface area contributed by atoms with Crippen molar-refractivity contribution in [3.63, 3.8) is 0 Å². The van der Waals surface area contributed by atoms with Gasteiger partial charge in [0.2, 0.25) is 0 Å². The van der Waals surface area contributed by atoms with Crippen LogP contribution in [-0.2, 0) is 36.8 Å². The van der Waals surface area contributed by atoms with Gasteiger partial charge in [-0.25, -0.2) is 0 Å². The van der Waals surface area contributed by atoms with E-state index in [1.807, 2.05) is 6.07 Å². The average Bonchev–Trinajstić information content (AvgIpc) is 3.51. The maximum atomic E-state index is 12.4. The largest absolute Gasteiger partial charge is 1.00 e. The molecule has 0 radical (unpaired) electrons. The van der Waals surface area contributed by atoms with Crippen molar-refractivity contribution in [2.45, 2.75) is 25.7 Å². The van der Waals surface area contributed by atoms with Gasteiger partial charge in [-0.3, -0.25) is 43.1 Å². The summed E-state index contributed by atoms with van der Waals surface area (Å²) in [6.07, 6.45) is 0.552. The number of ketones is 2. The van der Waals surface area contributed by atoms with Crippen LogP contribution < -0.4 is 40.2 Å². The molecule has 0 atom stereocenters. The van der Waals surface area contributed by atoms with Crippen LogP contribution in [0.15, 0.2) is 94.9 Å². The predicted molar refractivity (Wildman–Crippen MR) is 208 cm³/mol. The first-order valence-corrected chi connectivity index (χ1v) is 17.0. The van der Waals surface area contributed by atoms with Crippen molar-refractivity contribution < 1.29 is 79.4 Å². The van der Waals surface area contributed by atoms with Gasteiger partial charge >= 0.3 is 41.5 Å². The van der Waals surface area contributed by atoms with E-state index in [1.54, 1.807) is 78.9 Å². The van der Waals surface area contributed by atoms with Crippen LogP contribution >= 0.6 is 0 Å². The van der Waals surface area contributed by atoms with Crippen LogP contribution in [0.3, 0.4) is 0 Å². The first-order valence-electron chi connectivity index (χ1n) is 17.7. The van der Waals surface area contributed by atoms with Crippen LogP contribution in [0, 0.1) is 22.7 Å². The van der Waals surface area contributed by atoms with Crippen LogP contribution in [-0.4, -0.2) is 84.7 Å². The van der Waals surface area contributed by atoms with Gasteiger partial charge < -0.3 is 26.0 Å². The number of carbonyl (C=O) groups excluding carboxylic acids is 5. The Morgan fingerprint density at radius 2 is 1.17 bits per heavy atom. The molecule has 4 aromatic rings. The molecule has 2 aliphatic rings. The molecule has 2 amide bonds. The number of nitrogens with one attached hydrogen (secondary N) is 2. The molecule has 0 saturated heterocycles. The first kappa shape index (κ1) is 46.7. The van der Waals surface area contributed by atoms with Crippen molar-refractivity contribution in [1.29, 1.82) is 10.5 Å². The van der Waals surface area contributed by atoms with E-state index < -0.39 is 37.5 Å².